The smallest absolute Gasteiger partial charge is 0.262 e. The number of nitrogens with zero attached hydrogens (tertiary/aromatic N) is 2. The summed E-state index contributed by atoms with van der Waals surface area (Å²) in [6, 6.07) is 14.5. The van der Waals surface area contributed by atoms with Crippen molar-refractivity contribution in [2.75, 3.05) is 11.9 Å². The molecule has 4 heteroatoms. The molecule has 4 rings (SSSR count). The number of aromatic nitrogens is 1. The number of aryl methyl sites for hydroxylation is 1. The zero-order valence-electron chi connectivity index (χ0n) is 14.1. The van der Waals surface area contributed by atoms with Gasteiger partial charge in [-0.1, -0.05) is 53.3 Å². The number of halogens is 1. The molecule has 2 heterocycles. The molecule has 0 N–H and O–H groups in total. The zero-order chi connectivity index (χ0) is 17.4. The lowest BCUT2D eigenvalue weighted by Crippen LogP contribution is -2.28. The highest BCUT2D eigenvalue weighted by molar-refractivity contribution is 7.18. The van der Waals surface area contributed by atoms with Crippen LogP contribution in [0.4, 0.5) is 5.69 Å². The standard InChI is InChI=1S/C21H18ClN2S/c1-23-13-12-15(17-11-10-16(22)14-19(17)23)6-5-9-21-24(2)18-7-3-4-8-20(18)25-21/h3-14H,1-2H3/q+1. The molecule has 1 aliphatic heterocycles. The third-order valence-corrected chi connectivity index (χ3v) is 5.83. The Balaban J connectivity index is 1.68. The number of thiazole rings is 1. The maximum atomic E-state index is 6.14. The summed E-state index contributed by atoms with van der Waals surface area (Å²) >= 11 is 7.95. The summed E-state index contributed by atoms with van der Waals surface area (Å²) in [6.45, 7) is 0. The van der Waals surface area contributed by atoms with Crippen LogP contribution in [0.25, 0.3) is 21.9 Å². The number of rotatable bonds is 2. The van der Waals surface area contributed by atoms with Gasteiger partial charge in [-0.3, -0.25) is 0 Å². The van der Waals surface area contributed by atoms with E-state index in [4.69, 9.17) is 11.6 Å². The first kappa shape index (κ1) is 16.1. The van der Waals surface area contributed by atoms with Crippen LogP contribution >= 0.6 is 22.9 Å². The molecule has 0 unspecified atom stereocenters. The minimum absolute atomic E-state index is 0.757. The number of anilines is 1. The maximum Gasteiger partial charge on any atom is 0.262 e. The second-order valence-electron chi connectivity index (χ2n) is 6.04. The van der Waals surface area contributed by atoms with Crippen LogP contribution < -0.4 is 9.47 Å². The topological polar surface area (TPSA) is 7.12 Å². The largest absolute Gasteiger partial charge is 0.350 e. The first-order chi connectivity index (χ1) is 12.1. The number of hydrogen-bond donors (Lipinski definition) is 0. The average Bonchev–Trinajstić information content (AvgIpc) is 2.94. The Bertz CT molecular complexity index is 1040. The fourth-order valence-electron chi connectivity index (χ4n) is 3.05. The number of hydrogen-bond acceptors (Lipinski definition) is 2. The predicted molar refractivity (Wildman–Crippen MR) is 109 cm³/mol. The Morgan fingerprint density at radius 3 is 2.84 bits per heavy atom. The quantitative estimate of drug-likeness (QED) is 0.548. The van der Waals surface area contributed by atoms with Crippen LogP contribution in [0.15, 0.2) is 66.9 Å². The van der Waals surface area contributed by atoms with Crippen LogP contribution in [0.1, 0.15) is 10.6 Å². The third-order valence-electron chi connectivity index (χ3n) is 4.41. The fraction of sp³-hybridized carbons (Fsp3) is 0.0952. The molecule has 0 spiro atoms. The lowest BCUT2D eigenvalue weighted by Gasteiger charge is -2.23. The molecule has 25 heavy (non-hydrogen) atoms. The SMILES string of the molecule is CN1C=C/C(=C\C=C\c2sc3ccccc3[n+]2C)c2ccc(Cl)cc21. The average molecular weight is 366 g/mol. The van der Waals surface area contributed by atoms with Crippen molar-refractivity contribution in [1.82, 2.24) is 0 Å². The first-order valence-corrected chi connectivity index (χ1v) is 9.30. The van der Waals surface area contributed by atoms with E-state index in [0.29, 0.717) is 0 Å². The maximum absolute atomic E-state index is 6.14. The minimum Gasteiger partial charge on any atom is -0.350 e. The summed E-state index contributed by atoms with van der Waals surface area (Å²) in [6.07, 6.45) is 10.6. The van der Waals surface area contributed by atoms with Crippen molar-refractivity contribution in [2.24, 2.45) is 7.05 Å². The van der Waals surface area contributed by atoms with E-state index in [1.807, 2.05) is 19.2 Å². The second kappa shape index (κ2) is 6.51. The van der Waals surface area contributed by atoms with Gasteiger partial charge in [0, 0.05) is 41.7 Å². The van der Waals surface area contributed by atoms with Crippen LogP contribution in [-0.2, 0) is 7.05 Å². The van der Waals surface area contributed by atoms with E-state index in [9.17, 15) is 0 Å². The van der Waals surface area contributed by atoms with Crippen LogP contribution in [0.3, 0.4) is 0 Å². The highest BCUT2D eigenvalue weighted by Gasteiger charge is 2.15. The van der Waals surface area contributed by atoms with E-state index < -0.39 is 0 Å². The van der Waals surface area contributed by atoms with Crippen molar-refractivity contribution < 1.29 is 4.57 Å². The third kappa shape index (κ3) is 3.01. The van der Waals surface area contributed by atoms with Gasteiger partial charge < -0.3 is 4.90 Å². The number of allylic oxidation sites excluding steroid dienone is 4. The van der Waals surface area contributed by atoms with Crippen molar-refractivity contribution in [3.05, 3.63) is 82.5 Å². The van der Waals surface area contributed by atoms with Gasteiger partial charge in [0.15, 0.2) is 0 Å². The molecule has 0 saturated heterocycles. The highest BCUT2D eigenvalue weighted by atomic mass is 35.5. The number of fused-ring (bicyclic) bond motifs is 2. The van der Waals surface area contributed by atoms with E-state index in [-0.39, 0.29) is 0 Å². The molecule has 0 radical (unpaired) electrons. The van der Waals surface area contributed by atoms with Crippen molar-refractivity contribution in [3.8, 4) is 0 Å². The normalized spacial score (nSPS) is 15.5. The first-order valence-electron chi connectivity index (χ1n) is 8.10. The molecule has 1 aliphatic rings. The highest BCUT2D eigenvalue weighted by Crippen LogP contribution is 2.34. The molecule has 2 nitrogen and oxygen atoms in total. The van der Waals surface area contributed by atoms with Crippen LogP contribution in [0.2, 0.25) is 5.02 Å². The van der Waals surface area contributed by atoms with E-state index in [0.717, 1.165) is 10.7 Å². The van der Waals surface area contributed by atoms with Gasteiger partial charge in [0.25, 0.3) is 5.01 Å². The van der Waals surface area contributed by atoms with Gasteiger partial charge in [-0.05, 0) is 29.8 Å². The van der Waals surface area contributed by atoms with Gasteiger partial charge in [-0.25, -0.2) is 0 Å². The summed E-state index contributed by atoms with van der Waals surface area (Å²) in [7, 11) is 4.15. The summed E-state index contributed by atoms with van der Waals surface area (Å²) in [5.41, 5.74) is 4.77. The second-order valence-corrected chi connectivity index (χ2v) is 7.53. The molecule has 2 aromatic carbocycles. The Morgan fingerprint density at radius 2 is 2.00 bits per heavy atom. The van der Waals surface area contributed by atoms with E-state index >= 15 is 0 Å². The Hall–Kier alpha value is -2.36. The van der Waals surface area contributed by atoms with Gasteiger partial charge in [0.05, 0.1) is 0 Å². The molecule has 3 aromatic rings. The summed E-state index contributed by atoms with van der Waals surface area (Å²) in [5.74, 6) is 0. The molecular weight excluding hydrogens is 348 g/mol. The molecule has 0 fully saturated rings. The van der Waals surface area contributed by atoms with Crippen LogP contribution in [0.5, 0.6) is 0 Å². The van der Waals surface area contributed by atoms with E-state index in [2.05, 4.69) is 77.4 Å². The Kier molecular flexibility index (Phi) is 4.20. The monoisotopic (exact) mass is 365 g/mol. The Labute approximate surface area is 156 Å². The van der Waals surface area contributed by atoms with Gasteiger partial charge in [-0.2, -0.15) is 4.57 Å². The molecule has 0 aliphatic carbocycles. The summed E-state index contributed by atoms with van der Waals surface area (Å²) in [5, 5.41) is 1.99. The van der Waals surface area contributed by atoms with Gasteiger partial charge in [0.1, 0.15) is 11.7 Å². The minimum atomic E-state index is 0.757. The lowest BCUT2D eigenvalue weighted by molar-refractivity contribution is -0.642. The van der Waals surface area contributed by atoms with Crippen LogP contribution in [-0.4, -0.2) is 7.05 Å². The lowest BCUT2D eigenvalue weighted by atomic mass is 10.00. The van der Waals surface area contributed by atoms with Crippen molar-refractivity contribution >= 4 is 50.5 Å². The summed E-state index contributed by atoms with van der Waals surface area (Å²) < 4.78 is 3.53. The molecule has 1 aromatic heterocycles. The number of benzene rings is 2. The molecule has 0 amide bonds. The Morgan fingerprint density at radius 1 is 1.16 bits per heavy atom. The van der Waals surface area contributed by atoms with Crippen molar-refractivity contribution in [1.29, 1.82) is 0 Å². The molecule has 0 atom stereocenters. The van der Waals surface area contributed by atoms with E-state index in [1.165, 1.54) is 26.4 Å². The van der Waals surface area contributed by atoms with E-state index in [1.54, 1.807) is 11.3 Å². The van der Waals surface area contributed by atoms with Gasteiger partial charge in [0.2, 0.25) is 5.52 Å². The van der Waals surface area contributed by atoms with Gasteiger partial charge in [-0.15, -0.1) is 0 Å². The molecule has 0 saturated carbocycles. The van der Waals surface area contributed by atoms with Crippen molar-refractivity contribution in [2.45, 2.75) is 0 Å². The van der Waals surface area contributed by atoms with Gasteiger partial charge >= 0.3 is 0 Å². The number of para-hydroxylation sites is 1. The van der Waals surface area contributed by atoms with Crippen molar-refractivity contribution in [3.63, 3.8) is 0 Å². The molecule has 0 bridgehead atoms. The predicted octanol–water partition coefficient (Wildman–Crippen LogP) is 5.44. The molecule has 124 valence electrons. The summed E-state index contributed by atoms with van der Waals surface area (Å²) in [4.78, 5) is 2.09. The zero-order valence-corrected chi connectivity index (χ0v) is 15.7. The molecular formula is C21H18ClN2S+. The fourth-order valence-corrected chi connectivity index (χ4v) is 4.28. The van der Waals surface area contributed by atoms with Crippen LogP contribution in [0, 0.1) is 0 Å².